The number of aromatic amines is 1. The molecule has 0 aliphatic heterocycles. The lowest BCUT2D eigenvalue weighted by Gasteiger charge is -2.19. The quantitative estimate of drug-likeness (QED) is 0.781. The van der Waals surface area contributed by atoms with Gasteiger partial charge in [0.05, 0.1) is 0 Å². The van der Waals surface area contributed by atoms with Crippen molar-refractivity contribution in [1.82, 2.24) is 4.98 Å². The SMILES string of the molecule is CC(C)(C)OC(=O)c1cc2ccc(C(C)(C)C)cc2[nH]1. The molecule has 0 spiro atoms. The third kappa shape index (κ3) is 3.21. The van der Waals surface area contributed by atoms with Crippen molar-refractivity contribution >= 4 is 16.9 Å². The molecule has 1 heterocycles. The van der Waals surface area contributed by atoms with Crippen LogP contribution in [0.4, 0.5) is 0 Å². The summed E-state index contributed by atoms with van der Waals surface area (Å²) in [6, 6.07) is 8.09. The number of rotatable bonds is 1. The predicted octanol–water partition coefficient (Wildman–Crippen LogP) is 4.42. The number of hydrogen-bond donors (Lipinski definition) is 1. The topological polar surface area (TPSA) is 42.1 Å². The minimum Gasteiger partial charge on any atom is -0.455 e. The largest absolute Gasteiger partial charge is 0.455 e. The Morgan fingerprint density at radius 3 is 2.25 bits per heavy atom. The highest BCUT2D eigenvalue weighted by Gasteiger charge is 2.20. The summed E-state index contributed by atoms with van der Waals surface area (Å²) in [4.78, 5) is 15.2. The molecule has 0 atom stereocenters. The molecule has 2 aromatic rings. The van der Waals surface area contributed by atoms with Crippen LogP contribution in [0.25, 0.3) is 10.9 Å². The molecule has 0 saturated heterocycles. The van der Waals surface area contributed by atoms with Gasteiger partial charge in [0.2, 0.25) is 0 Å². The lowest BCUT2D eigenvalue weighted by Crippen LogP contribution is -2.24. The van der Waals surface area contributed by atoms with Gasteiger partial charge >= 0.3 is 5.97 Å². The molecular weight excluding hydrogens is 250 g/mol. The first-order valence-corrected chi connectivity index (χ1v) is 6.93. The fourth-order valence-electron chi connectivity index (χ4n) is 2.04. The molecule has 0 bridgehead atoms. The maximum absolute atomic E-state index is 12.1. The molecule has 0 aliphatic carbocycles. The molecule has 0 amide bonds. The number of aromatic nitrogens is 1. The van der Waals surface area contributed by atoms with E-state index < -0.39 is 5.60 Å². The number of carbonyl (C=O) groups is 1. The van der Waals surface area contributed by atoms with Crippen LogP contribution < -0.4 is 0 Å². The van der Waals surface area contributed by atoms with Crippen molar-refractivity contribution in [3.63, 3.8) is 0 Å². The Balaban J connectivity index is 2.37. The van der Waals surface area contributed by atoms with Crippen molar-refractivity contribution in [2.75, 3.05) is 0 Å². The average Bonchev–Trinajstić information content (AvgIpc) is 2.67. The number of hydrogen-bond acceptors (Lipinski definition) is 2. The molecule has 1 N–H and O–H groups in total. The summed E-state index contributed by atoms with van der Waals surface area (Å²) in [7, 11) is 0. The molecule has 0 saturated carbocycles. The maximum atomic E-state index is 12.1. The van der Waals surface area contributed by atoms with Crippen LogP contribution in [-0.2, 0) is 10.2 Å². The Bertz CT molecular complexity index is 639. The van der Waals surface area contributed by atoms with Gasteiger partial charge in [-0.15, -0.1) is 0 Å². The van der Waals surface area contributed by atoms with Gasteiger partial charge in [0.1, 0.15) is 11.3 Å². The van der Waals surface area contributed by atoms with Crippen LogP contribution >= 0.6 is 0 Å². The number of esters is 1. The number of H-pyrrole nitrogens is 1. The highest BCUT2D eigenvalue weighted by molar-refractivity contribution is 5.95. The number of benzene rings is 1. The Hall–Kier alpha value is -1.77. The van der Waals surface area contributed by atoms with Gasteiger partial charge in [-0.2, -0.15) is 0 Å². The summed E-state index contributed by atoms with van der Waals surface area (Å²) in [5.74, 6) is -0.314. The minimum absolute atomic E-state index is 0.0887. The number of nitrogens with one attached hydrogen (secondary N) is 1. The van der Waals surface area contributed by atoms with Gasteiger partial charge in [-0.1, -0.05) is 32.9 Å². The molecule has 3 nitrogen and oxygen atoms in total. The van der Waals surface area contributed by atoms with Crippen molar-refractivity contribution in [2.45, 2.75) is 52.6 Å². The summed E-state index contributed by atoms with van der Waals surface area (Å²) >= 11 is 0. The fourth-order valence-corrected chi connectivity index (χ4v) is 2.04. The van der Waals surface area contributed by atoms with E-state index in [1.165, 1.54) is 5.56 Å². The van der Waals surface area contributed by atoms with Crippen LogP contribution in [0.5, 0.6) is 0 Å². The Morgan fingerprint density at radius 2 is 1.70 bits per heavy atom. The molecule has 2 rings (SSSR count). The zero-order chi connectivity index (χ0) is 15.1. The Labute approximate surface area is 120 Å². The van der Waals surface area contributed by atoms with Crippen LogP contribution in [0, 0.1) is 0 Å². The monoisotopic (exact) mass is 273 g/mol. The van der Waals surface area contributed by atoms with Crippen molar-refractivity contribution in [2.24, 2.45) is 0 Å². The van der Waals surface area contributed by atoms with Crippen LogP contribution in [0.2, 0.25) is 0 Å². The maximum Gasteiger partial charge on any atom is 0.355 e. The Kier molecular flexibility index (Phi) is 3.41. The zero-order valence-corrected chi connectivity index (χ0v) is 13.1. The predicted molar refractivity (Wildman–Crippen MR) is 82.2 cm³/mol. The lowest BCUT2D eigenvalue weighted by molar-refractivity contribution is 0.00639. The molecule has 108 valence electrons. The molecular formula is C17H23NO2. The van der Waals surface area contributed by atoms with Crippen LogP contribution in [-0.4, -0.2) is 16.6 Å². The van der Waals surface area contributed by atoms with Crippen molar-refractivity contribution in [1.29, 1.82) is 0 Å². The van der Waals surface area contributed by atoms with Crippen molar-refractivity contribution in [3.05, 3.63) is 35.5 Å². The van der Waals surface area contributed by atoms with Crippen LogP contribution in [0.1, 0.15) is 57.6 Å². The van der Waals surface area contributed by atoms with Crippen LogP contribution in [0.15, 0.2) is 24.3 Å². The fraction of sp³-hybridized carbons (Fsp3) is 0.471. The van der Waals surface area contributed by atoms with E-state index >= 15 is 0 Å². The van der Waals surface area contributed by atoms with Gasteiger partial charge in [0.25, 0.3) is 0 Å². The molecule has 0 aliphatic rings. The molecule has 0 fully saturated rings. The third-order valence-corrected chi connectivity index (χ3v) is 3.11. The second kappa shape index (κ2) is 4.65. The first-order chi connectivity index (χ1) is 9.06. The number of ether oxygens (including phenoxy) is 1. The molecule has 1 aromatic carbocycles. The second-order valence-electron chi connectivity index (χ2n) is 7.24. The van der Waals surface area contributed by atoms with Crippen molar-refractivity contribution < 1.29 is 9.53 Å². The van der Waals surface area contributed by atoms with Gasteiger partial charge in [0.15, 0.2) is 0 Å². The first kappa shape index (κ1) is 14.6. The van der Waals surface area contributed by atoms with E-state index in [1.807, 2.05) is 32.9 Å². The van der Waals surface area contributed by atoms with E-state index in [0.717, 1.165) is 10.9 Å². The summed E-state index contributed by atoms with van der Waals surface area (Å²) in [5.41, 5.74) is 2.32. The summed E-state index contributed by atoms with van der Waals surface area (Å²) in [6.45, 7) is 12.1. The molecule has 1 aromatic heterocycles. The van der Waals surface area contributed by atoms with Gasteiger partial charge in [-0.3, -0.25) is 0 Å². The number of fused-ring (bicyclic) bond motifs is 1. The first-order valence-electron chi connectivity index (χ1n) is 6.93. The molecule has 3 heteroatoms. The standard InChI is InChI=1S/C17H23NO2/c1-16(2,3)12-8-7-11-9-14(18-13(11)10-12)15(19)20-17(4,5)6/h7-10,18H,1-6H3. The molecule has 0 unspecified atom stereocenters. The highest BCUT2D eigenvalue weighted by Crippen LogP contribution is 2.26. The van der Waals surface area contributed by atoms with Gasteiger partial charge < -0.3 is 9.72 Å². The second-order valence-corrected chi connectivity index (χ2v) is 7.24. The minimum atomic E-state index is -0.481. The summed E-state index contributed by atoms with van der Waals surface area (Å²) in [5, 5.41) is 1.03. The van der Waals surface area contributed by atoms with Gasteiger partial charge in [-0.05, 0) is 43.9 Å². The average molecular weight is 273 g/mol. The smallest absolute Gasteiger partial charge is 0.355 e. The van der Waals surface area contributed by atoms with E-state index in [-0.39, 0.29) is 11.4 Å². The van der Waals surface area contributed by atoms with E-state index in [0.29, 0.717) is 5.69 Å². The summed E-state index contributed by atoms with van der Waals surface area (Å²) < 4.78 is 5.38. The molecule has 20 heavy (non-hydrogen) atoms. The van der Waals surface area contributed by atoms with E-state index in [9.17, 15) is 4.79 Å². The molecule has 0 radical (unpaired) electrons. The van der Waals surface area contributed by atoms with Crippen LogP contribution in [0.3, 0.4) is 0 Å². The van der Waals surface area contributed by atoms with Gasteiger partial charge in [-0.25, -0.2) is 4.79 Å². The van der Waals surface area contributed by atoms with Crippen molar-refractivity contribution in [3.8, 4) is 0 Å². The third-order valence-electron chi connectivity index (χ3n) is 3.11. The van der Waals surface area contributed by atoms with Gasteiger partial charge in [0, 0.05) is 10.9 Å². The number of carbonyl (C=O) groups excluding carboxylic acids is 1. The Morgan fingerprint density at radius 1 is 1.05 bits per heavy atom. The highest BCUT2D eigenvalue weighted by atomic mass is 16.6. The zero-order valence-electron chi connectivity index (χ0n) is 13.1. The van der Waals surface area contributed by atoms with E-state index in [2.05, 4.69) is 37.9 Å². The lowest BCUT2D eigenvalue weighted by atomic mass is 9.87. The van der Waals surface area contributed by atoms with E-state index in [4.69, 9.17) is 4.74 Å². The van der Waals surface area contributed by atoms with E-state index in [1.54, 1.807) is 0 Å². The normalized spacial score (nSPS) is 12.7. The summed E-state index contributed by atoms with van der Waals surface area (Å²) in [6.07, 6.45) is 0.